The van der Waals surface area contributed by atoms with Gasteiger partial charge in [-0.05, 0) is 37.2 Å². The van der Waals surface area contributed by atoms with Gasteiger partial charge in [0, 0.05) is 17.5 Å². The normalized spacial score (nSPS) is 18.3. The van der Waals surface area contributed by atoms with Gasteiger partial charge in [0.05, 0.1) is 4.92 Å². The number of nitro benzene ring substituents is 1. The van der Waals surface area contributed by atoms with Gasteiger partial charge in [-0.3, -0.25) is 10.1 Å². The van der Waals surface area contributed by atoms with Crippen molar-refractivity contribution < 1.29 is 4.92 Å². The summed E-state index contributed by atoms with van der Waals surface area (Å²) >= 11 is 0. The molecule has 116 valence electrons. The lowest BCUT2D eigenvalue weighted by Gasteiger charge is -2.34. The van der Waals surface area contributed by atoms with Gasteiger partial charge in [0.2, 0.25) is 0 Å². The van der Waals surface area contributed by atoms with Gasteiger partial charge in [0.25, 0.3) is 5.69 Å². The molecule has 22 heavy (non-hydrogen) atoms. The number of benzene rings is 1. The summed E-state index contributed by atoms with van der Waals surface area (Å²) in [6.45, 7) is 4.60. The topological polar surface area (TPSA) is 81.0 Å². The number of hydrogen-bond acceptors (Lipinski definition) is 5. The summed E-state index contributed by atoms with van der Waals surface area (Å²) in [7, 11) is 0. The summed E-state index contributed by atoms with van der Waals surface area (Å²) in [6, 6.07) is 5.35. The molecule has 0 spiro atoms. The van der Waals surface area contributed by atoms with Crippen molar-refractivity contribution in [2.45, 2.75) is 45.6 Å². The van der Waals surface area contributed by atoms with Crippen molar-refractivity contribution in [3.8, 4) is 0 Å². The first-order valence-corrected chi connectivity index (χ1v) is 7.61. The number of fused-ring (bicyclic) bond motifs is 1. The number of hydrogen-bond donors (Lipinski definition) is 1. The lowest BCUT2D eigenvalue weighted by molar-refractivity contribution is -0.383. The minimum Gasteiger partial charge on any atom is -0.367 e. The third kappa shape index (κ3) is 2.86. The Balaban J connectivity index is 1.89. The molecule has 1 aliphatic carbocycles. The highest BCUT2D eigenvalue weighted by molar-refractivity contribution is 5.94. The highest BCUT2D eigenvalue weighted by Crippen LogP contribution is 2.36. The maximum absolute atomic E-state index is 11.1. The van der Waals surface area contributed by atoms with Crippen molar-refractivity contribution in [2.24, 2.45) is 5.41 Å². The highest BCUT2D eigenvalue weighted by Gasteiger charge is 2.27. The molecule has 0 amide bonds. The molecular weight excluding hydrogens is 280 g/mol. The van der Waals surface area contributed by atoms with E-state index in [1.807, 2.05) is 6.07 Å². The van der Waals surface area contributed by atoms with Crippen LogP contribution in [-0.2, 0) is 0 Å². The first-order valence-electron chi connectivity index (χ1n) is 7.61. The summed E-state index contributed by atoms with van der Waals surface area (Å²) in [5.41, 5.74) is 0.818. The second-order valence-electron chi connectivity index (χ2n) is 6.74. The van der Waals surface area contributed by atoms with Gasteiger partial charge in [-0.15, -0.1) is 0 Å². The number of nitrogens with zero attached hydrogens (tertiary/aromatic N) is 3. The van der Waals surface area contributed by atoms with Gasteiger partial charge < -0.3 is 5.32 Å². The maximum Gasteiger partial charge on any atom is 0.295 e. The van der Waals surface area contributed by atoms with E-state index >= 15 is 0 Å². The van der Waals surface area contributed by atoms with E-state index in [1.54, 1.807) is 6.07 Å². The molecule has 3 rings (SSSR count). The highest BCUT2D eigenvalue weighted by atomic mass is 16.6. The molecule has 0 bridgehead atoms. The summed E-state index contributed by atoms with van der Waals surface area (Å²) in [5, 5.41) is 15.3. The SMILES string of the molecule is CC1(C)CCC(Nc2ncnc3c([N+](=O)[O-])cccc23)CC1. The molecule has 0 aliphatic heterocycles. The van der Waals surface area contributed by atoms with E-state index < -0.39 is 4.92 Å². The van der Waals surface area contributed by atoms with Crippen LogP contribution in [0.15, 0.2) is 24.5 Å². The molecule has 6 nitrogen and oxygen atoms in total. The number of nitrogens with one attached hydrogen (secondary N) is 1. The number of nitro groups is 1. The van der Waals surface area contributed by atoms with E-state index in [4.69, 9.17) is 0 Å². The van der Waals surface area contributed by atoms with Gasteiger partial charge in [-0.1, -0.05) is 19.9 Å². The van der Waals surface area contributed by atoms with E-state index in [-0.39, 0.29) is 5.69 Å². The fourth-order valence-corrected chi connectivity index (χ4v) is 3.07. The van der Waals surface area contributed by atoms with E-state index in [1.165, 1.54) is 25.2 Å². The van der Waals surface area contributed by atoms with Crippen LogP contribution < -0.4 is 5.32 Å². The fraction of sp³-hybridized carbons (Fsp3) is 0.500. The monoisotopic (exact) mass is 300 g/mol. The summed E-state index contributed by atoms with van der Waals surface area (Å²) in [6.07, 6.45) is 5.92. The van der Waals surface area contributed by atoms with Crippen LogP contribution in [0.5, 0.6) is 0 Å². The van der Waals surface area contributed by atoms with Gasteiger partial charge in [0.1, 0.15) is 12.1 Å². The quantitative estimate of drug-likeness (QED) is 0.686. The summed E-state index contributed by atoms with van der Waals surface area (Å²) in [4.78, 5) is 19.1. The number of aromatic nitrogens is 2. The maximum atomic E-state index is 11.1. The molecule has 1 aromatic heterocycles. The van der Waals surface area contributed by atoms with Crippen LogP contribution in [0.4, 0.5) is 11.5 Å². The molecule has 0 radical (unpaired) electrons. The van der Waals surface area contributed by atoms with Gasteiger partial charge in [-0.2, -0.15) is 0 Å². The zero-order chi connectivity index (χ0) is 15.7. The van der Waals surface area contributed by atoms with E-state index in [0.717, 1.165) is 12.8 Å². The Kier molecular flexibility index (Phi) is 3.68. The predicted octanol–water partition coefficient (Wildman–Crippen LogP) is 3.92. The second-order valence-corrected chi connectivity index (χ2v) is 6.74. The van der Waals surface area contributed by atoms with Gasteiger partial charge in [0.15, 0.2) is 5.52 Å². The Morgan fingerprint density at radius 2 is 2.00 bits per heavy atom. The predicted molar refractivity (Wildman–Crippen MR) is 85.9 cm³/mol. The van der Waals surface area contributed by atoms with Crippen LogP contribution >= 0.6 is 0 Å². The molecule has 1 saturated carbocycles. The van der Waals surface area contributed by atoms with Crippen LogP contribution in [0.2, 0.25) is 0 Å². The average Bonchev–Trinajstić information content (AvgIpc) is 2.49. The lowest BCUT2D eigenvalue weighted by Crippen LogP contribution is -2.30. The van der Waals surface area contributed by atoms with Crippen LogP contribution in [0.1, 0.15) is 39.5 Å². The minimum atomic E-state index is -0.401. The summed E-state index contributed by atoms with van der Waals surface area (Å²) in [5.74, 6) is 0.693. The van der Waals surface area contributed by atoms with Crippen molar-refractivity contribution >= 4 is 22.4 Å². The first-order chi connectivity index (χ1) is 10.5. The van der Waals surface area contributed by atoms with Crippen molar-refractivity contribution in [3.63, 3.8) is 0 Å². The zero-order valence-corrected chi connectivity index (χ0v) is 12.9. The fourth-order valence-electron chi connectivity index (χ4n) is 3.07. The molecule has 1 fully saturated rings. The van der Waals surface area contributed by atoms with Crippen molar-refractivity contribution in [1.29, 1.82) is 0 Å². The molecule has 1 aliphatic rings. The molecule has 0 saturated heterocycles. The number of para-hydroxylation sites is 1. The molecule has 0 unspecified atom stereocenters. The third-order valence-corrected chi connectivity index (χ3v) is 4.52. The lowest BCUT2D eigenvalue weighted by atomic mass is 9.75. The van der Waals surface area contributed by atoms with Crippen LogP contribution in [0.3, 0.4) is 0 Å². The Morgan fingerprint density at radius 1 is 1.27 bits per heavy atom. The molecular formula is C16H20N4O2. The smallest absolute Gasteiger partial charge is 0.295 e. The van der Waals surface area contributed by atoms with Gasteiger partial charge >= 0.3 is 0 Å². The van der Waals surface area contributed by atoms with Crippen LogP contribution in [0, 0.1) is 15.5 Å². The number of non-ortho nitro benzene ring substituents is 1. The number of anilines is 1. The Morgan fingerprint density at radius 3 is 2.68 bits per heavy atom. The van der Waals surface area contributed by atoms with Crippen molar-refractivity contribution in [3.05, 3.63) is 34.6 Å². The molecule has 1 heterocycles. The van der Waals surface area contributed by atoms with E-state index in [0.29, 0.717) is 28.2 Å². The molecule has 1 aromatic carbocycles. The largest absolute Gasteiger partial charge is 0.367 e. The molecule has 0 atom stereocenters. The van der Waals surface area contributed by atoms with E-state index in [2.05, 4.69) is 29.1 Å². The van der Waals surface area contributed by atoms with E-state index in [9.17, 15) is 10.1 Å². The van der Waals surface area contributed by atoms with Gasteiger partial charge in [-0.25, -0.2) is 9.97 Å². The van der Waals surface area contributed by atoms with Crippen molar-refractivity contribution in [2.75, 3.05) is 5.32 Å². The van der Waals surface area contributed by atoms with Crippen LogP contribution in [-0.4, -0.2) is 20.9 Å². The standard InChI is InChI=1S/C16H20N4O2/c1-16(2)8-6-11(7-9-16)19-15-12-4-3-5-13(20(21)22)14(12)17-10-18-15/h3-5,10-11H,6-9H2,1-2H3,(H,17,18,19). The Labute approximate surface area is 129 Å². The Bertz CT molecular complexity index is 704. The second kappa shape index (κ2) is 5.51. The third-order valence-electron chi connectivity index (χ3n) is 4.52. The summed E-state index contributed by atoms with van der Waals surface area (Å²) < 4.78 is 0. The molecule has 2 aromatic rings. The first kappa shape index (κ1) is 14.7. The van der Waals surface area contributed by atoms with Crippen molar-refractivity contribution in [1.82, 2.24) is 9.97 Å². The van der Waals surface area contributed by atoms with Crippen LogP contribution in [0.25, 0.3) is 10.9 Å². The zero-order valence-electron chi connectivity index (χ0n) is 12.9. The molecule has 1 N–H and O–H groups in total. The number of rotatable bonds is 3. The minimum absolute atomic E-state index is 0.0210. The molecule has 6 heteroatoms. The average molecular weight is 300 g/mol. The Hall–Kier alpha value is -2.24.